The van der Waals surface area contributed by atoms with Gasteiger partial charge in [0.05, 0.1) is 22.0 Å². The van der Waals surface area contributed by atoms with Crippen molar-refractivity contribution in [3.8, 4) is 0 Å². The van der Waals surface area contributed by atoms with Gasteiger partial charge in [-0.15, -0.1) is 0 Å². The molecule has 0 amide bonds. The second-order valence-electron chi connectivity index (χ2n) is 4.26. The van der Waals surface area contributed by atoms with Gasteiger partial charge in [0.25, 0.3) is 0 Å². The van der Waals surface area contributed by atoms with E-state index in [2.05, 4.69) is 5.32 Å². The zero-order chi connectivity index (χ0) is 14.8. The lowest BCUT2D eigenvalue weighted by Gasteiger charge is -2.12. The van der Waals surface area contributed by atoms with Gasteiger partial charge in [-0.05, 0) is 29.8 Å². The number of hydrogen-bond acceptors (Lipinski definition) is 2. The summed E-state index contributed by atoms with van der Waals surface area (Å²) in [7, 11) is 0. The Morgan fingerprint density at radius 1 is 1.10 bits per heavy atom. The highest BCUT2D eigenvalue weighted by Crippen LogP contribution is 2.31. The van der Waals surface area contributed by atoms with E-state index in [-0.39, 0.29) is 6.54 Å². The number of para-hydroxylation sites is 1. The fraction of sp³-hybridized carbons (Fsp3) is 0.143. The summed E-state index contributed by atoms with van der Waals surface area (Å²) in [6.07, 6.45) is -4.35. The third kappa shape index (κ3) is 3.36. The summed E-state index contributed by atoms with van der Waals surface area (Å²) in [4.78, 5) is 0. The van der Waals surface area contributed by atoms with E-state index < -0.39 is 11.7 Å². The van der Waals surface area contributed by atoms with Crippen molar-refractivity contribution in [1.82, 2.24) is 0 Å². The lowest BCUT2D eigenvalue weighted by Crippen LogP contribution is -2.07. The second kappa shape index (κ2) is 5.63. The van der Waals surface area contributed by atoms with Crippen LogP contribution in [0.2, 0.25) is 5.02 Å². The first kappa shape index (κ1) is 14.5. The number of nitrogen functional groups attached to an aromatic ring is 1. The summed E-state index contributed by atoms with van der Waals surface area (Å²) in [5.41, 5.74) is 6.55. The van der Waals surface area contributed by atoms with Gasteiger partial charge in [-0.25, -0.2) is 0 Å². The van der Waals surface area contributed by atoms with Crippen molar-refractivity contribution >= 4 is 23.0 Å². The zero-order valence-electron chi connectivity index (χ0n) is 10.3. The molecule has 0 heterocycles. The first-order valence-electron chi connectivity index (χ1n) is 5.82. The first-order chi connectivity index (χ1) is 9.38. The number of rotatable bonds is 3. The van der Waals surface area contributed by atoms with Crippen molar-refractivity contribution in [3.63, 3.8) is 0 Å². The number of benzene rings is 2. The Morgan fingerprint density at radius 3 is 2.45 bits per heavy atom. The Morgan fingerprint density at radius 2 is 1.80 bits per heavy atom. The highest BCUT2D eigenvalue weighted by Gasteiger charge is 2.30. The monoisotopic (exact) mass is 300 g/mol. The summed E-state index contributed by atoms with van der Waals surface area (Å²) in [5, 5.41) is 3.38. The van der Waals surface area contributed by atoms with Crippen LogP contribution in [0.25, 0.3) is 0 Å². The summed E-state index contributed by atoms with van der Waals surface area (Å²) >= 11 is 5.98. The molecule has 0 atom stereocenters. The lowest BCUT2D eigenvalue weighted by atomic mass is 10.1. The molecule has 0 saturated heterocycles. The Hall–Kier alpha value is -1.88. The number of halogens is 4. The molecule has 0 aliphatic heterocycles. The SMILES string of the molecule is Nc1cccc(Cl)c1NCc1cccc(C(F)(F)F)c1. The Balaban J connectivity index is 2.16. The van der Waals surface area contributed by atoms with Gasteiger partial charge in [0.2, 0.25) is 0 Å². The van der Waals surface area contributed by atoms with Crippen LogP contribution in [0.4, 0.5) is 24.5 Å². The van der Waals surface area contributed by atoms with Gasteiger partial charge < -0.3 is 11.1 Å². The van der Waals surface area contributed by atoms with E-state index in [0.29, 0.717) is 22.0 Å². The molecule has 3 N–H and O–H groups in total. The van der Waals surface area contributed by atoms with Gasteiger partial charge in [-0.1, -0.05) is 29.8 Å². The molecule has 0 aliphatic rings. The van der Waals surface area contributed by atoms with Crippen LogP contribution in [0.15, 0.2) is 42.5 Å². The van der Waals surface area contributed by atoms with Crippen LogP contribution in [-0.4, -0.2) is 0 Å². The minimum absolute atomic E-state index is 0.206. The predicted octanol–water partition coefficient (Wildman–Crippen LogP) is 4.55. The van der Waals surface area contributed by atoms with Crippen molar-refractivity contribution in [1.29, 1.82) is 0 Å². The Kier molecular flexibility index (Phi) is 4.09. The van der Waals surface area contributed by atoms with Crippen LogP contribution in [0, 0.1) is 0 Å². The van der Waals surface area contributed by atoms with Crippen LogP contribution >= 0.6 is 11.6 Å². The summed E-state index contributed by atoms with van der Waals surface area (Å²) in [6.45, 7) is 0.206. The number of nitrogens with one attached hydrogen (secondary N) is 1. The van der Waals surface area contributed by atoms with Gasteiger partial charge in [-0.2, -0.15) is 13.2 Å². The standard InChI is InChI=1S/C14H12ClF3N2/c15-11-5-2-6-12(19)13(11)20-8-9-3-1-4-10(7-9)14(16,17)18/h1-7,20H,8,19H2. The van der Waals surface area contributed by atoms with Crippen LogP contribution in [0.3, 0.4) is 0 Å². The van der Waals surface area contributed by atoms with Crippen LogP contribution in [-0.2, 0) is 12.7 Å². The van der Waals surface area contributed by atoms with Gasteiger partial charge in [0, 0.05) is 6.54 Å². The zero-order valence-corrected chi connectivity index (χ0v) is 11.1. The number of nitrogens with two attached hydrogens (primary N) is 1. The highest BCUT2D eigenvalue weighted by molar-refractivity contribution is 6.33. The Labute approximate surface area is 119 Å². The topological polar surface area (TPSA) is 38.0 Å². The molecule has 0 saturated carbocycles. The molecule has 2 aromatic carbocycles. The van der Waals surface area contributed by atoms with Gasteiger partial charge in [0.15, 0.2) is 0 Å². The molecule has 0 unspecified atom stereocenters. The largest absolute Gasteiger partial charge is 0.416 e. The normalized spacial score (nSPS) is 11.4. The maximum absolute atomic E-state index is 12.6. The van der Waals surface area contributed by atoms with Crippen molar-refractivity contribution in [2.75, 3.05) is 11.1 Å². The quantitative estimate of drug-likeness (QED) is 0.816. The van der Waals surface area contributed by atoms with Crippen molar-refractivity contribution in [2.45, 2.75) is 12.7 Å². The van der Waals surface area contributed by atoms with E-state index in [4.69, 9.17) is 17.3 Å². The molecular formula is C14H12ClF3N2. The molecule has 0 spiro atoms. The second-order valence-corrected chi connectivity index (χ2v) is 4.66. The third-order valence-electron chi connectivity index (χ3n) is 2.77. The van der Waals surface area contributed by atoms with E-state index in [9.17, 15) is 13.2 Å². The molecule has 0 aromatic heterocycles. The van der Waals surface area contributed by atoms with E-state index in [1.165, 1.54) is 6.07 Å². The van der Waals surface area contributed by atoms with Crippen LogP contribution < -0.4 is 11.1 Å². The molecule has 0 bridgehead atoms. The molecule has 2 aromatic rings. The number of hydrogen-bond donors (Lipinski definition) is 2. The van der Waals surface area contributed by atoms with E-state index in [0.717, 1.165) is 12.1 Å². The van der Waals surface area contributed by atoms with Crippen molar-refractivity contribution in [3.05, 3.63) is 58.6 Å². The average molecular weight is 301 g/mol. The molecule has 0 radical (unpaired) electrons. The van der Waals surface area contributed by atoms with Crippen LogP contribution in [0.1, 0.15) is 11.1 Å². The smallest absolute Gasteiger partial charge is 0.397 e. The van der Waals surface area contributed by atoms with Gasteiger partial charge in [-0.3, -0.25) is 0 Å². The van der Waals surface area contributed by atoms with E-state index in [1.807, 2.05) is 0 Å². The highest BCUT2D eigenvalue weighted by atomic mass is 35.5. The first-order valence-corrected chi connectivity index (χ1v) is 6.20. The minimum atomic E-state index is -4.35. The fourth-order valence-electron chi connectivity index (χ4n) is 1.78. The maximum atomic E-state index is 12.6. The van der Waals surface area contributed by atoms with E-state index in [1.54, 1.807) is 24.3 Å². The van der Waals surface area contributed by atoms with E-state index >= 15 is 0 Å². The van der Waals surface area contributed by atoms with Gasteiger partial charge >= 0.3 is 6.18 Å². The van der Waals surface area contributed by atoms with Crippen molar-refractivity contribution < 1.29 is 13.2 Å². The van der Waals surface area contributed by atoms with Crippen LogP contribution in [0.5, 0.6) is 0 Å². The molecule has 106 valence electrons. The molecule has 20 heavy (non-hydrogen) atoms. The molecular weight excluding hydrogens is 289 g/mol. The Bertz CT molecular complexity index is 591. The molecule has 2 nitrogen and oxygen atoms in total. The maximum Gasteiger partial charge on any atom is 0.416 e. The van der Waals surface area contributed by atoms with Gasteiger partial charge in [0.1, 0.15) is 0 Å². The fourth-order valence-corrected chi connectivity index (χ4v) is 2.02. The third-order valence-corrected chi connectivity index (χ3v) is 3.08. The summed E-state index contributed by atoms with van der Waals surface area (Å²) in [6, 6.07) is 10.1. The predicted molar refractivity (Wildman–Crippen MR) is 74.6 cm³/mol. The summed E-state index contributed by atoms with van der Waals surface area (Å²) < 4.78 is 37.8. The molecule has 2 rings (SSSR count). The lowest BCUT2D eigenvalue weighted by molar-refractivity contribution is -0.137. The molecule has 0 aliphatic carbocycles. The summed E-state index contributed by atoms with van der Waals surface area (Å²) in [5.74, 6) is 0. The molecule has 6 heteroatoms. The molecule has 0 fully saturated rings. The average Bonchev–Trinajstić information content (AvgIpc) is 2.37. The minimum Gasteiger partial charge on any atom is -0.397 e. The number of anilines is 2. The number of alkyl halides is 3. The van der Waals surface area contributed by atoms with Crippen molar-refractivity contribution in [2.24, 2.45) is 0 Å².